The smallest absolute Gasteiger partial charge is 0.325 e. The number of hydrogen-bond donors (Lipinski definition) is 2. The number of benzene rings is 2. The van der Waals surface area contributed by atoms with Gasteiger partial charge in [-0.15, -0.1) is 0 Å². The average molecular weight is 385 g/mol. The SMILES string of the molecule is COCCN(CC(=O)NC(=O)Nc1ccc2c(c1)OCO2)Cc1ccccc1. The summed E-state index contributed by atoms with van der Waals surface area (Å²) in [5.74, 6) is 0.778. The standard InChI is InChI=1S/C20H23N3O5/c1-26-10-9-23(12-15-5-3-2-4-6-15)13-19(24)22-20(25)21-16-7-8-17-18(11-16)28-14-27-17/h2-8,11H,9-10,12-14H2,1H3,(H2,21,22,24,25). The maximum atomic E-state index is 12.3. The maximum Gasteiger partial charge on any atom is 0.325 e. The molecule has 1 aliphatic heterocycles. The minimum atomic E-state index is -0.602. The molecule has 3 amide bonds. The second kappa shape index (κ2) is 9.72. The van der Waals surface area contributed by atoms with Crippen molar-refractivity contribution in [2.75, 3.05) is 38.9 Å². The minimum absolute atomic E-state index is 0.0762. The number of hydrogen-bond acceptors (Lipinski definition) is 6. The summed E-state index contributed by atoms with van der Waals surface area (Å²) in [6, 6.07) is 14.2. The molecule has 8 heteroatoms. The zero-order valence-electron chi connectivity index (χ0n) is 15.6. The molecule has 0 saturated carbocycles. The molecular formula is C20H23N3O5. The van der Waals surface area contributed by atoms with Gasteiger partial charge in [-0.2, -0.15) is 0 Å². The molecule has 0 radical (unpaired) electrons. The summed E-state index contributed by atoms with van der Waals surface area (Å²) in [5.41, 5.74) is 1.59. The van der Waals surface area contributed by atoms with Crippen LogP contribution in [0.1, 0.15) is 5.56 Å². The van der Waals surface area contributed by atoms with Crippen molar-refractivity contribution >= 4 is 17.6 Å². The Kier molecular flexibility index (Phi) is 6.83. The van der Waals surface area contributed by atoms with Gasteiger partial charge in [-0.1, -0.05) is 30.3 Å². The summed E-state index contributed by atoms with van der Waals surface area (Å²) < 4.78 is 15.6. The molecule has 0 bridgehead atoms. The topological polar surface area (TPSA) is 89.1 Å². The van der Waals surface area contributed by atoms with E-state index in [1.165, 1.54) is 0 Å². The summed E-state index contributed by atoms with van der Waals surface area (Å²) in [4.78, 5) is 26.3. The zero-order chi connectivity index (χ0) is 19.8. The Labute approximate surface area is 163 Å². The lowest BCUT2D eigenvalue weighted by Crippen LogP contribution is -2.42. The van der Waals surface area contributed by atoms with E-state index in [1.807, 2.05) is 35.2 Å². The number of carbonyl (C=O) groups excluding carboxylic acids is 2. The van der Waals surface area contributed by atoms with Gasteiger partial charge in [0.15, 0.2) is 11.5 Å². The molecule has 0 spiro atoms. The number of carbonyl (C=O) groups is 2. The van der Waals surface area contributed by atoms with Crippen LogP contribution in [0.5, 0.6) is 11.5 Å². The van der Waals surface area contributed by atoms with E-state index >= 15 is 0 Å². The molecule has 8 nitrogen and oxygen atoms in total. The molecule has 2 aromatic carbocycles. The van der Waals surface area contributed by atoms with Crippen LogP contribution in [0.4, 0.5) is 10.5 Å². The normalized spacial score (nSPS) is 12.1. The summed E-state index contributed by atoms with van der Waals surface area (Å²) in [6.07, 6.45) is 0. The van der Waals surface area contributed by atoms with Crippen molar-refractivity contribution in [2.24, 2.45) is 0 Å². The van der Waals surface area contributed by atoms with E-state index in [2.05, 4.69) is 10.6 Å². The average Bonchev–Trinajstić information content (AvgIpc) is 3.14. The van der Waals surface area contributed by atoms with Crippen LogP contribution in [-0.2, 0) is 16.1 Å². The second-order valence-electron chi connectivity index (χ2n) is 6.26. The number of nitrogens with one attached hydrogen (secondary N) is 2. The number of amides is 3. The van der Waals surface area contributed by atoms with Crippen LogP contribution < -0.4 is 20.1 Å². The molecule has 0 aromatic heterocycles. The Morgan fingerprint density at radius 1 is 1.11 bits per heavy atom. The molecule has 148 valence electrons. The highest BCUT2D eigenvalue weighted by Gasteiger charge is 2.16. The number of methoxy groups -OCH3 is 1. The predicted octanol–water partition coefficient (Wildman–Crippen LogP) is 2.21. The van der Waals surface area contributed by atoms with E-state index in [4.69, 9.17) is 14.2 Å². The van der Waals surface area contributed by atoms with E-state index in [0.29, 0.717) is 36.9 Å². The van der Waals surface area contributed by atoms with Gasteiger partial charge in [-0.25, -0.2) is 4.79 Å². The number of urea groups is 1. The second-order valence-corrected chi connectivity index (χ2v) is 6.26. The fourth-order valence-corrected chi connectivity index (χ4v) is 2.78. The van der Waals surface area contributed by atoms with Gasteiger partial charge in [-0.05, 0) is 17.7 Å². The molecule has 28 heavy (non-hydrogen) atoms. The molecule has 2 aromatic rings. The minimum Gasteiger partial charge on any atom is -0.454 e. The lowest BCUT2D eigenvalue weighted by Gasteiger charge is -2.21. The molecule has 2 N–H and O–H groups in total. The van der Waals surface area contributed by atoms with E-state index in [0.717, 1.165) is 5.56 Å². The van der Waals surface area contributed by atoms with Gasteiger partial charge in [0, 0.05) is 32.0 Å². The molecule has 0 fully saturated rings. The van der Waals surface area contributed by atoms with Crippen LogP contribution >= 0.6 is 0 Å². The third-order valence-corrected chi connectivity index (χ3v) is 4.11. The summed E-state index contributed by atoms with van der Waals surface area (Å²) in [7, 11) is 1.61. The summed E-state index contributed by atoms with van der Waals surface area (Å²) in [5, 5.41) is 4.96. The fraction of sp³-hybridized carbons (Fsp3) is 0.300. The van der Waals surface area contributed by atoms with Crippen molar-refractivity contribution in [3.05, 3.63) is 54.1 Å². The molecular weight excluding hydrogens is 362 g/mol. The predicted molar refractivity (Wildman–Crippen MR) is 103 cm³/mol. The summed E-state index contributed by atoms with van der Waals surface area (Å²) >= 11 is 0. The van der Waals surface area contributed by atoms with Gasteiger partial charge < -0.3 is 19.5 Å². The number of fused-ring (bicyclic) bond motifs is 1. The van der Waals surface area contributed by atoms with Crippen molar-refractivity contribution < 1.29 is 23.8 Å². The van der Waals surface area contributed by atoms with Crippen LogP contribution in [-0.4, -0.2) is 50.4 Å². The largest absolute Gasteiger partial charge is 0.454 e. The molecule has 0 aliphatic carbocycles. The number of anilines is 1. The van der Waals surface area contributed by atoms with Gasteiger partial charge >= 0.3 is 6.03 Å². The van der Waals surface area contributed by atoms with Gasteiger partial charge in [0.25, 0.3) is 0 Å². The van der Waals surface area contributed by atoms with E-state index in [1.54, 1.807) is 25.3 Å². The first-order chi connectivity index (χ1) is 13.6. The van der Waals surface area contributed by atoms with E-state index in [-0.39, 0.29) is 13.3 Å². The Hall–Kier alpha value is -3.10. The molecule has 0 unspecified atom stereocenters. The van der Waals surface area contributed by atoms with Crippen molar-refractivity contribution in [2.45, 2.75) is 6.54 Å². The van der Waals surface area contributed by atoms with Crippen LogP contribution in [0.25, 0.3) is 0 Å². The number of nitrogens with zero attached hydrogens (tertiary/aromatic N) is 1. The Morgan fingerprint density at radius 3 is 2.68 bits per heavy atom. The van der Waals surface area contributed by atoms with Crippen molar-refractivity contribution in [3.63, 3.8) is 0 Å². The van der Waals surface area contributed by atoms with Gasteiger partial charge in [-0.3, -0.25) is 15.0 Å². The Bertz CT molecular complexity index is 813. The van der Waals surface area contributed by atoms with Crippen LogP contribution in [0.3, 0.4) is 0 Å². The highest BCUT2D eigenvalue weighted by molar-refractivity contribution is 6.01. The van der Waals surface area contributed by atoms with Crippen LogP contribution in [0.15, 0.2) is 48.5 Å². The molecule has 1 heterocycles. The first-order valence-corrected chi connectivity index (χ1v) is 8.90. The quantitative estimate of drug-likeness (QED) is 0.724. The van der Waals surface area contributed by atoms with Crippen molar-refractivity contribution in [1.29, 1.82) is 0 Å². The van der Waals surface area contributed by atoms with E-state index in [9.17, 15) is 9.59 Å². The molecule has 1 aliphatic rings. The lowest BCUT2D eigenvalue weighted by atomic mass is 10.2. The number of rotatable bonds is 8. The third-order valence-electron chi connectivity index (χ3n) is 4.11. The van der Waals surface area contributed by atoms with Crippen molar-refractivity contribution in [3.8, 4) is 11.5 Å². The lowest BCUT2D eigenvalue weighted by molar-refractivity contribution is -0.121. The van der Waals surface area contributed by atoms with Gasteiger partial charge in [0.1, 0.15) is 0 Å². The van der Waals surface area contributed by atoms with Crippen LogP contribution in [0, 0.1) is 0 Å². The maximum absolute atomic E-state index is 12.3. The fourth-order valence-electron chi connectivity index (χ4n) is 2.78. The zero-order valence-corrected chi connectivity index (χ0v) is 15.6. The van der Waals surface area contributed by atoms with Crippen molar-refractivity contribution in [1.82, 2.24) is 10.2 Å². The molecule has 0 saturated heterocycles. The Balaban J connectivity index is 1.52. The van der Waals surface area contributed by atoms with Crippen LogP contribution in [0.2, 0.25) is 0 Å². The number of imide groups is 1. The van der Waals surface area contributed by atoms with Gasteiger partial charge in [0.05, 0.1) is 13.2 Å². The number of ether oxygens (including phenoxy) is 3. The van der Waals surface area contributed by atoms with E-state index < -0.39 is 11.9 Å². The first kappa shape index (κ1) is 19.7. The molecule has 0 atom stereocenters. The van der Waals surface area contributed by atoms with Gasteiger partial charge in [0.2, 0.25) is 12.7 Å². The third kappa shape index (κ3) is 5.70. The highest BCUT2D eigenvalue weighted by Crippen LogP contribution is 2.34. The summed E-state index contributed by atoms with van der Waals surface area (Å²) in [6.45, 7) is 1.88. The monoisotopic (exact) mass is 385 g/mol. The molecule has 3 rings (SSSR count). The first-order valence-electron chi connectivity index (χ1n) is 8.90. The Morgan fingerprint density at radius 2 is 1.89 bits per heavy atom. The highest BCUT2D eigenvalue weighted by atomic mass is 16.7.